The van der Waals surface area contributed by atoms with Crippen molar-refractivity contribution < 1.29 is 14.7 Å². The lowest BCUT2D eigenvalue weighted by atomic mass is 10.1. The zero-order chi connectivity index (χ0) is 12.7. The molecule has 0 spiro atoms. The van der Waals surface area contributed by atoms with Crippen LogP contribution in [0.5, 0.6) is 0 Å². The maximum atomic E-state index is 11.4. The Balaban J connectivity index is 2.76. The maximum absolute atomic E-state index is 11.4. The Morgan fingerprint density at radius 2 is 2.06 bits per heavy atom. The number of hydrogen-bond acceptors (Lipinski definition) is 2. The van der Waals surface area contributed by atoms with Crippen molar-refractivity contribution in [3.05, 3.63) is 42.0 Å². The fourth-order valence-electron chi connectivity index (χ4n) is 1.43. The normalized spacial score (nSPS) is 10.4. The van der Waals surface area contributed by atoms with Gasteiger partial charge in [0.2, 0.25) is 5.91 Å². The molecule has 0 saturated heterocycles. The van der Waals surface area contributed by atoms with Crippen molar-refractivity contribution in [2.24, 2.45) is 0 Å². The van der Waals surface area contributed by atoms with Crippen LogP contribution in [0.25, 0.3) is 0 Å². The molecule has 0 saturated carbocycles. The molecule has 2 N–H and O–H groups in total. The van der Waals surface area contributed by atoms with Gasteiger partial charge in [-0.1, -0.05) is 24.3 Å². The second-order valence-corrected chi connectivity index (χ2v) is 3.54. The number of aliphatic carboxylic acids is 1. The standard InChI is InChI=1S/C13H15NO3/c1-2-5-12(15)14-11-7-4-3-6-10(11)8-9-13(16)17/h2-7H,8-9H2,1H3,(H,14,15)(H,16,17)/b5-2+. The number of allylic oxidation sites excluding steroid dienone is 1. The van der Waals surface area contributed by atoms with Gasteiger partial charge in [0.25, 0.3) is 0 Å². The molecule has 90 valence electrons. The van der Waals surface area contributed by atoms with Crippen LogP contribution in [-0.4, -0.2) is 17.0 Å². The minimum absolute atomic E-state index is 0.0521. The van der Waals surface area contributed by atoms with E-state index in [1.165, 1.54) is 6.08 Å². The number of benzene rings is 1. The number of amides is 1. The molecular formula is C13H15NO3. The summed E-state index contributed by atoms with van der Waals surface area (Å²) in [5.41, 5.74) is 1.49. The lowest BCUT2D eigenvalue weighted by Gasteiger charge is -2.08. The van der Waals surface area contributed by atoms with Gasteiger partial charge in [-0.05, 0) is 31.1 Å². The number of rotatable bonds is 5. The Morgan fingerprint density at radius 1 is 1.35 bits per heavy atom. The van der Waals surface area contributed by atoms with Gasteiger partial charge in [-0.15, -0.1) is 0 Å². The zero-order valence-corrected chi connectivity index (χ0v) is 9.64. The average molecular weight is 233 g/mol. The SMILES string of the molecule is C/C=C/C(=O)Nc1ccccc1CCC(=O)O. The summed E-state index contributed by atoms with van der Waals surface area (Å²) < 4.78 is 0. The first-order chi connectivity index (χ1) is 8.13. The van der Waals surface area contributed by atoms with Gasteiger partial charge in [-0.25, -0.2) is 0 Å². The molecule has 0 bridgehead atoms. The monoisotopic (exact) mass is 233 g/mol. The van der Waals surface area contributed by atoms with E-state index in [9.17, 15) is 9.59 Å². The largest absolute Gasteiger partial charge is 0.481 e. The van der Waals surface area contributed by atoms with Crippen LogP contribution >= 0.6 is 0 Å². The third-order valence-electron chi connectivity index (χ3n) is 2.20. The molecule has 0 heterocycles. The molecule has 4 nitrogen and oxygen atoms in total. The molecule has 17 heavy (non-hydrogen) atoms. The van der Waals surface area contributed by atoms with Crippen LogP contribution in [0.4, 0.5) is 5.69 Å². The second kappa shape index (κ2) is 6.48. The third kappa shape index (κ3) is 4.51. The van der Waals surface area contributed by atoms with Gasteiger partial charge >= 0.3 is 5.97 Å². The zero-order valence-electron chi connectivity index (χ0n) is 9.64. The molecule has 0 fully saturated rings. The lowest BCUT2D eigenvalue weighted by molar-refractivity contribution is -0.136. The highest BCUT2D eigenvalue weighted by Crippen LogP contribution is 2.16. The summed E-state index contributed by atoms with van der Waals surface area (Å²) in [7, 11) is 0. The highest BCUT2D eigenvalue weighted by Gasteiger charge is 2.06. The minimum Gasteiger partial charge on any atom is -0.481 e. The summed E-state index contributed by atoms with van der Waals surface area (Å²) in [6, 6.07) is 7.20. The molecule has 1 amide bonds. The van der Waals surface area contributed by atoms with Gasteiger partial charge < -0.3 is 10.4 Å². The highest BCUT2D eigenvalue weighted by molar-refractivity contribution is 5.99. The Labute approximate surface area is 100.0 Å². The van der Waals surface area contributed by atoms with Crippen LogP contribution in [0.1, 0.15) is 18.9 Å². The quantitative estimate of drug-likeness (QED) is 0.766. The van der Waals surface area contributed by atoms with Crippen molar-refractivity contribution >= 4 is 17.6 Å². The number of carbonyl (C=O) groups is 2. The van der Waals surface area contributed by atoms with E-state index in [2.05, 4.69) is 5.32 Å². The third-order valence-corrected chi connectivity index (χ3v) is 2.20. The first kappa shape index (κ1) is 13.0. The molecule has 1 aromatic rings. The Kier molecular flexibility index (Phi) is 4.94. The summed E-state index contributed by atoms with van der Waals surface area (Å²) >= 11 is 0. The highest BCUT2D eigenvalue weighted by atomic mass is 16.4. The van der Waals surface area contributed by atoms with Gasteiger partial charge in [-0.3, -0.25) is 9.59 Å². The summed E-state index contributed by atoms with van der Waals surface area (Å²) in [5, 5.41) is 11.3. The number of hydrogen-bond donors (Lipinski definition) is 2. The van der Waals surface area contributed by atoms with Crippen LogP contribution in [0.3, 0.4) is 0 Å². The van der Waals surface area contributed by atoms with Gasteiger partial charge in [0.05, 0.1) is 0 Å². The predicted octanol–water partition coefficient (Wildman–Crippen LogP) is 2.22. The van der Waals surface area contributed by atoms with Crippen molar-refractivity contribution in [3.63, 3.8) is 0 Å². The van der Waals surface area contributed by atoms with E-state index < -0.39 is 5.97 Å². The number of carboxylic acids is 1. The number of nitrogens with one attached hydrogen (secondary N) is 1. The Morgan fingerprint density at radius 3 is 2.71 bits per heavy atom. The smallest absolute Gasteiger partial charge is 0.303 e. The van der Waals surface area contributed by atoms with E-state index in [4.69, 9.17) is 5.11 Å². The first-order valence-corrected chi connectivity index (χ1v) is 5.37. The Hall–Kier alpha value is -2.10. The van der Waals surface area contributed by atoms with Crippen molar-refractivity contribution in [3.8, 4) is 0 Å². The van der Waals surface area contributed by atoms with Crippen LogP contribution in [0, 0.1) is 0 Å². The number of carbonyl (C=O) groups excluding carboxylic acids is 1. The predicted molar refractivity (Wildman–Crippen MR) is 65.8 cm³/mol. The van der Waals surface area contributed by atoms with E-state index >= 15 is 0 Å². The van der Waals surface area contributed by atoms with Crippen LogP contribution < -0.4 is 5.32 Å². The molecule has 0 aromatic heterocycles. The molecule has 0 atom stereocenters. The van der Waals surface area contributed by atoms with Crippen LogP contribution in [-0.2, 0) is 16.0 Å². The van der Waals surface area contributed by atoms with Gasteiger partial charge in [0.1, 0.15) is 0 Å². The summed E-state index contributed by atoms with van der Waals surface area (Å²) in [6.45, 7) is 1.76. The van der Waals surface area contributed by atoms with Crippen LogP contribution in [0.2, 0.25) is 0 Å². The van der Waals surface area contributed by atoms with E-state index in [0.717, 1.165) is 5.56 Å². The molecule has 0 unspecified atom stereocenters. The van der Waals surface area contributed by atoms with Crippen LogP contribution in [0.15, 0.2) is 36.4 Å². The molecule has 0 radical (unpaired) electrons. The molecule has 1 rings (SSSR count). The van der Waals surface area contributed by atoms with Crippen molar-refractivity contribution in [1.82, 2.24) is 0 Å². The van der Waals surface area contributed by atoms with Crippen molar-refractivity contribution in [2.75, 3.05) is 5.32 Å². The van der Waals surface area contributed by atoms with E-state index in [1.54, 1.807) is 25.1 Å². The summed E-state index contributed by atoms with van der Waals surface area (Å²) in [5.74, 6) is -1.06. The molecule has 0 aliphatic carbocycles. The topological polar surface area (TPSA) is 66.4 Å². The van der Waals surface area contributed by atoms with Crippen molar-refractivity contribution in [1.29, 1.82) is 0 Å². The first-order valence-electron chi connectivity index (χ1n) is 5.37. The van der Waals surface area contributed by atoms with E-state index in [-0.39, 0.29) is 12.3 Å². The fraction of sp³-hybridized carbons (Fsp3) is 0.231. The molecule has 0 aliphatic heterocycles. The molecule has 1 aromatic carbocycles. The number of anilines is 1. The van der Waals surface area contributed by atoms with E-state index in [1.807, 2.05) is 12.1 Å². The number of aryl methyl sites for hydroxylation is 1. The summed E-state index contributed by atoms with van der Waals surface area (Å²) in [4.78, 5) is 21.9. The lowest BCUT2D eigenvalue weighted by Crippen LogP contribution is -2.10. The average Bonchev–Trinajstić information content (AvgIpc) is 2.28. The molecular weight excluding hydrogens is 218 g/mol. The minimum atomic E-state index is -0.848. The number of para-hydroxylation sites is 1. The fourth-order valence-corrected chi connectivity index (χ4v) is 1.43. The molecule has 4 heteroatoms. The summed E-state index contributed by atoms with van der Waals surface area (Å²) in [6.07, 6.45) is 3.53. The van der Waals surface area contributed by atoms with Gasteiger partial charge in [0, 0.05) is 12.1 Å². The van der Waals surface area contributed by atoms with Crippen molar-refractivity contribution in [2.45, 2.75) is 19.8 Å². The van der Waals surface area contributed by atoms with E-state index in [0.29, 0.717) is 12.1 Å². The molecule has 0 aliphatic rings. The second-order valence-electron chi connectivity index (χ2n) is 3.54. The number of carboxylic acid groups (broad SMARTS) is 1. The van der Waals surface area contributed by atoms with Gasteiger partial charge in [-0.2, -0.15) is 0 Å². The Bertz CT molecular complexity index is 438. The van der Waals surface area contributed by atoms with Gasteiger partial charge in [0.15, 0.2) is 0 Å². The maximum Gasteiger partial charge on any atom is 0.303 e.